The molecule has 0 spiro atoms. The third kappa shape index (κ3) is 4.81. The minimum atomic E-state index is -0.517. The standard InChI is InChI=1S/C17H17FN2O3/c1-12(13-6-5-7-14(10-13)22-2)19-20-17(21)11-23-16-9-4-3-8-15(16)18/h3-10H,11H2,1-2H3,(H,20,21)/b19-12-. The second-order valence-electron chi connectivity index (χ2n) is 4.68. The third-order valence-corrected chi connectivity index (χ3v) is 3.03. The number of hydrogen-bond donors (Lipinski definition) is 1. The quantitative estimate of drug-likeness (QED) is 0.658. The smallest absolute Gasteiger partial charge is 0.277 e. The summed E-state index contributed by atoms with van der Waals surface area (Å²) in [5.41, 5.74) is 3.80. The molecule has 2 aromatic rings. The van der Waals surface area contributed by atoms with Crippen LogP contribution in [-0.2, 0) is 4.79 Å². The Morgan fingerprint density at radius 1 is 1.22 bits per heavy atom. The van der Waals surface area contributed by atoms with Crippen molar-refractivity contribution in [2.45, 2.75) is 6.92 Å². The van der Waals surface area contributed by atoms with Gasteiger partial charge in [-0.3, -0.25) is 4.79 Å². The van der Waals surface area contributed by atoms with Crippen LogP contribution in [0, 0.1) is 5.82 Å². The highest BCUT2D eigenvalue weighted by atomic mass is 19.1. The van der Waals surface area contributed by atoms with Gasteiger partial charge >= 0.3 is 0 Å². The van der Waals surface area contributed by atoms with E-state index in [9.17, 15) is 9.18 Å². The summed E-state index contributed by atoms with van der Waals surface area (Å²) < 4.78 is 23.6. The Morgan fingerprint density at radius 3 is 2.74 bits per heavy atom. The van der Waals surface area contributed by atoms with Crippen LogP contribution in [0.2, 0.25) is 0 Å². The van der Waals surface area contributed by atoms with Gasteiger partial charge in [-0.05, 0) is 31.2 Å². The highest BCUT2D eigenvalue weighted by molar-refractivity contribution is 5.99. The molecule has 0 saturated carbocycles. The number of ether oxygens (including phenoxy) is 2. The van der Waals surface area contributed by atoms with Gasteiger partial charge in [0.2, 0.25) is 0 Å². The molecule has 1 amide bonds. The Hall–Kier alpha value is -2.89. The van der Waals surface area contributed by atoms with Crippen LogP contribution in [0.1, 0.15) is 12.5 Å². The Kier molecular flexibility index (Phi) is 5.68. The molecule has 2 rings (SSSR count). The Labute approximate surface area is 133 Å². The fraction of sp³-hybridized carbons (Fsp3) is 0.176. The zero-order chi connectivity index (χ0) is 16.7. The lowest BCUT2D eigenvalue weighted by molar-refractivity contribution is -0.123. The van der Waals surface area contributed by atoms with Crippen LogP contribution in [0.15, 0.2) is 53.6 Å². The van der Waals surface area contributed by atoms with Crippen molar-refractivity contribution in [2.24, 2.45) is 5.10 Å². The SMILES string of the molecule is COc1cccc(/C(C)=N\NC(=O)COc2ccccc2F)c1. The van der Waals surface area contributed by atoms with E-state index in [0.29, 0.717) is 11.5 Å². The van der Waals surface area contributed by atoms with Gasteiger partial charge in [-0.25, -0.2) is 9.82 Å². The monoisotopic (exact) mass is 316 g/mol. The van der Waals surface area contributed by atoms with Crippen molar-refractivity contribution in [1.82, 2.24) is 5.43 Å². The number of methoxy groups -OCH3 is 1. The number of carbonyl (C=O) groups is 1. The molecule has 0 unspecified atom stereocenters. The van der Waals surface area contributed by atoms with Crippen LogP contribution in [0.4, 0.5) is 4.39 Å². The molecular weight excluding hydrogens is 299 g/mol. The van der Waals surface area contributed by atoms with Gasteiger partial charge in [0.1, 0.15) is 5.75 Å². The van der Waals surface area contributed by atoms with Crippen LogP contribution in [-0.4, -0.2) is 25.3 Å². The lowest BCUT2D eigenvalue weighted by Crippen LogP contribution is -2.25. The van der Waals surface area contributed by atoms with Crippen molar-refractivity contribution in [3.05, 3.63) is 59.9 Å². The fourth-order valence-electron chi connectivity index (χ4n) is 1.80. The van der Waals surface area contributed by atoms with E-state index in [1.165, 1.54) is 12.1 Å². The lowest BCUT2D eigenvalue weighted by Gasteiger charge is -2.07. The number of para-hydroxylation sites is 1. The molecule has 0 saturated heterocycles. The maximum absolute atomic E-state index is 13.4. The van der Waals surface area contributed by atoms with Gasteiger partial charge in [0.05, 0.1) is 12.8 Å². The summed E-state index contributed by atoms with van der Waals surface area (Å²) in [6.07, 6.45) is 0. The molecule has 2 aromatic carbocycles. The molecule has 0 fully saturated rings. The van der Waals surface area contributed by atoms with Crippen molar-refractivity contribution in [3.8, 4) is 11.5 Å². The highest BCUT2D eigenvalue weighted by Gasteiger charge is 2.06. The van der Waals surface area contributed by atoms with Crippen molar-refractivity contribution in [2.75, 3.05) is 13.7 Å². The van der Waals surface area contributed by atoms with Gasteiger partial charge in [0.15, 0.2) is 18.2 Å². The zero-order valence-corrected chi connectivity index (χ0v) is 12.9. The number of carbonyl (C=O) groups excluding carboxylic acids is 1. The maximum atomic E-state index is 13.4. The topological polar surface area (TPSA) is 59.9 Å². The first-order chi connectivity index (χ1) is 11.1. The Morgan fingerprint density at radius 2 is 2.00 bits per heavy atom. The molecule has 0 bridgehead atoms. The van der Waals surface area contributed by atoms with E-state index in [2.05, 4.69) is 10.5 Å². The van der Waals surface area contributed by atoms with E-state index in [1.54, 1.807) is 32.2 Å². The molecule has 1 N–H and O–H groups in total. The predicted octanol–water partition coefficient (Wildman–Crippen LogP) is 2.75. The number of nitrogens with zero attached hydrogens (tertiary/aromatic N) is 1. The van der Waals surface area contributed by atoms with E-state index in [4.69, 9.17) is 9.47 Å². The van der Waals surface area contributed by atoms with Crippen LogP contribution >= 0.6 is 0 Å². The summed E-state index contributed by atoms with van der Waals surface area (Å²) >= 11 is 0. The van der Waals surface area contributed by atoms with Crippen LogP contribution in [0.3, 0.4) is 0 Å². The number of amides is 1. The zero-order valence-electron chi connectivity index (χ0n) is 12.9. The molecule has 0 heterocycles. The third-order valence-electron chi connectivity index (χ3n) is 3.03. The normalized spacial score (nSPS) is 11.0. The van der Waals surface area contributed by atoms with Crippen molar-refractivity contribution < 1.29 is 18.7 Å². The first-order valence-electron chi connectivity index (χ1n) is 6.95. The largest absolute Gasteiger partial charge is 0.497 e. The van der Waals surface area contributed by atoms with Gasteiger partial charge in [0.25, 0.3) is 5.91 Å². The summed E-state index contributed by atoms with van der Waals surface area (Å²) in [6, 6.07) is 13.2. The Bertz CT molecular complexity index is 716. The molecule has 0 radical (unpaired) electrons. The molecule has 23 heavy (non-hydrogen) atoms. The molecule has 0 aliphatic carbocycles. The molecule has 5 nitrogen and oxygen atoms in total. The first-order valence-corrected chi connectivity index (χ1v) is 6.95. The number of hydrogen-bond acceptors (Lipinski definition) is 4. The van der Waals surface area contributed by atoms with Crippen LogP contribution < -0.4 is 14.9 Å². The van der Waals surface area contributed by atoms with E-state index in [-0.39, 0.29) is 12.4 Å². The van der Waals surface area contributed by atoms with Gasteiger partial charge < -0.3 is 9.47 Å². The summed E-state index contributed by atoms with van der Waals surface area (Å²) in [4.78, 5) is 11.7. The van der Waals surface area contributed by atoms with Crippen molar-refractivity contribution in [1.29, 1.82) is 0 Å². The van der Waals surface area contributed by atoms with Gasteiger partial charge in [0, 0.05) is 5.56 Å². The Balaban J connectivity index is 1.91. The van der Waals surface area contributed by atoms with E-state index in [0.717, 1.165) is 5.56 Å². The number of halogens is 1. The average Bonchev–Trinajstić information content (AvgIpc) is 2.59. The summed E-state index contributed by atoms with van der Waals surface area (Å²) in [7, 11) is 1.58. The molecular formula is C17H17FN2O3. The number of nitrogens with one attached hydrogen (secondary N) is 1. The molecule has 0 aromatic heterocycles. The highest BCUT2D eigenvalue weighted by Crippen LogP contribution is 2.15. The maximum Gasteiger partial charge on any atom is 0.277 e. The van der Waals surface area contributed by atoms with E-state index in [1.807, 2.05) is 18.2 Å². The number of benzene rings is 2. The number of hydrazone groups is 1. The molecule has 6 heteroatoms. The molecule has 0 atom stereocenters. The van der Waals surface area contributed by atoms with Crippen molar-refractivity contribution >= 4 is 11.6 Å². The molecule has 120 valence electrons. The fourth-order valence-corrected chi connectivity index (χ4v) is 1.80. The van der Waals surface area contributed by atoms with Gasteiger partial charge in [-0.15, -0.1) is 0 Å². The second kappa shape index (κ2) is 7.93. The first kappa shape index (κ1) is 16.5. The van der Waals surface area contributed by atoms with Crippen molar-refractivity contribution in [3.63, 3.8) is 0 Å². The summed E-state index contributed by atoms with van der Waals surface area (Å²) in [5, 5.41) is 3.99. The van der Waals surface area contributed by atoms with E-state index >= 15 is 0 Å². The van der Waals surface area contributed by atoms with Crippen LogP contribution in [0.5, 0.6) is 11.5 Å². The predicted molar refractivity (Wildman–Crippen MR) is 85.2 cm³/mol. The summed E-state index contributed by atoms with van der Waals surface area (Å²) in [5.74, 6) is -0.269. The lowest BCUT2D eigenvalue weighted by atomic mass is 10.1. The second-order valence-corrected chi connectivity index (χ2v) is 4.68. The molecule has 0 aliphatic heterocycles. The van der Waals surface area contributed by atoms with E-state index < -0.39 is 11.7 Å². The minimum absolute atomic E-state index is 0.0242. The molecule has 0 aliphatic rings. The minimum Gasteiger partial charge on any atom is -0.497 e. The number of rotatable bonds is 6. The average molecular weight is 316 g/mol. The summed E-state index contributed by atoms with van der Waals surface area (Å²) in [6.45, 7) is 1.43. The van der Waals surface area contributed by atoms with Crippen LogP contribution in [0.25, 0.3) is 0 Å². The van der Waals surface area contributed by atoms with Gasteiger partial charge in [-0.1, -0.05) is 24.3 Å². The van der Waals surface area contributed by atoms with Gasteiger partial charge in [-0.2, -0.15) is 5.10 Å².